The predicted molar refractivity (Wildman–Crippen MR) is 84.6 cm³/mol. The quantitative estimate of drug-likeness (QED) is 0.775. The Hall–Kier alpha value is -1.06. The van der Waals surface area contributed by atoms with Crippen LogP contribution in [0.25, 0.3) is 0 Å². The summed E-state index contributed by atoms with van der Waals surface area (Å²) in [6, 6.07) is 9.19. The fourth-order valence-corrected chi connectivity index (χ4v) is 3.26. The Morgan fingerprint density at radius 2 is 2.00 bits per heavy atom. The van der Waals surface area contributed by atoms with Gasteiger partial charge in [0.1, 0.15) is 0 Å². The van der Waals surface area contributed by atoms with Gasteiger partial charge in [-0.15, -0.1) is 0 Å². The van der Waals surface area contributed by atoms with E-state index in [2.05, 4.69) is 28.0 Å². The van der Waals surface area contributed by atoms with Crippen molar-refractivity contribution >= 4 is 5.69 Å². The number of nitrogens with zero attached hydrogens (tertiary/aromatic N) is 2. The summed E-state index contributed by atoms with van der Waals surface area (Å²) >= 11 is 0. The molecule has 3 nitrogen and oxygen atoms in total. The van der Waals surface area contributed by atoms with Crippen LogP contribution in [0.1, 0.15) is 37.7 Å². The van der Waals surface area contributed by atoms with E-state index in [4.69, 9.17) is 5.73 Å². The summed E-state index contributed by atoms with van der Waals surface area (Å²) in [6.45, 7) is 6.21. The van der Waals surface area contributed by atoms with Crippen LogP contribution >= 0.6 is 0 Å². The average Bonchev–Trinajstić information content (AvgIpc) is 3.15. The molecule has 3 rings (SSSR count). The minimum Gasteiger partial charge on any atom is -0.399 e. The lowest BCUT2D eigenvalue weighted by molar-refractivity contribution is 0.230. The Morgan fingerprint density at radius 3 is 2.70 bits per heavy atom. The van der Waals surface area contributed by atoms with Crippen LogP contribution in [-0.2, 0) is 6.54 Å². The molecule has 1 saturated heterocycles. The van der Waals surface area contributed by atoms with Crippen molar-refractivity contribution in [3.05, 3.63) is 29.8 Å². The molecule has 1 aliphatic heterocycles. The van der Waals surface area contributed by atoms with Crippen molar-refractivity contribution in [2.75, 3.05) is 31.9 Å². The molecule has 0 aromatic heterocycles. The summed E-state index contributed by atoms with van der Waals surface area (Å²) in [7, 11) is 0. The minimum atomic E-state index is 0.829. The molecule has 1 saturated carbocycles. The molecule has 1 aliphatic carbocycles. The Balaban J connectivity index is 1.48. The van der Waals surface area contributed by atoms with Crippen LogP contribution < -0.4 is 5.73 Å². The molecule has 2 fully saturated rings. The minimum absolute atomic E-state index is 0.829. The predicted octanol–water partition coefficient (Wildman–Crippen LogP) is 2.72. The molecule has 1 aromatic rings. The summed E-state index contributed by atoms with van der Waals surface area (Å²) in [5, 5.41) is 0. The Labute approximate surface area is 122 Å². The second kappa shape index (κ2) is 6.59. The summed E-state index contributed by atoms with van der Waals surface area (Å²) in [4.78, 5) is 5.27. The third kappa shape index (κ3) is 3.97. The zero-order valence-electron chi connectivity index (χ0n) is 12.4. The van der Waals surface area contributed by atoms with Crippen molar-refractivity contribution in [1.29, 1.82) is 0 Å². The van der Waals surface area contributed by atoms with E-state index in [1.807, 2.05) is 6.07 Å². The maximum absolute atomic E-state index is 5.88. The lowest BCUT2D eigenvalue weighted by Crippen LogP contribution is -2.30. The van der Waals surface area contributed by atoms with E-state index in [9.17, 15) is 0 Å². The molecule has 1 aromatic carbocycles. The van der Waals surface area contributed by atoms with Crippen LogP contribution in [0.3, 0.4) is 0 Å². The molecular formula is C17H27N3. The van der Waals surface area contributed by atoms with Gasteiger partial charge in [-0.1, -0.05) is 12.1 Å². The van der Waals surface area contributed by atoms with E-state index >= 15 is 0 Å². The van der Waals surface area contributed by atoms with Gasteiger partial charge in [-0.05, 0) is 76.0 Å². The lowest BCUT2D eigenvalue weighted by atomic mass is 10.2. The first-order valence-electron chi connectivity index (χ1n) is 8.12. The molecular weight excluding hydrogens is 246 g/mol. The maximum Gasteiger partial charge on any atom is 0.0317 e. The van der Waals surface area contributed by atoms with E-state index in [-0.39, 0.29) is 0 Å². The summed E-state index contributed by atoms with van der Waals surface area (Å²) < 4.78 is 0. The second-order valence-corrected chi connectivity index (χ2v) is 6.35. The lowest BCUT2D eigenvalue weighted by Gasteiger charge is -2.23. The van der Waals surface area contributed by atoms with Crippen LogP contribution in [-0.4, -0.2) is 42.0 Å². The number of likely N-dealkylation sites (tertiary alicyclic amines) is 1. The zero-order valence-corrected chi connectivity index (χ0v) is 12.4. The number of nitrogen functional groups attached to an aromatic ring is 1. The van der Waals surface area contributed by atoms with E-state index in [0.717, 1.165) is 18.3 Å². The summed E-state index contributed by atoms with van der Waals surface area (Å²) in [5.74, 6) is 0. The van der Waals surface area contributed by atoms with Crippen LogP contribution in [0.5, 0.6) is 0 Å². The van der Waals surface area contributed by atoms with Crippen LogP contribution in [0.2, 0.25) is 0 Å². The van der Waals surface area contributed by atoms with Gasteiger partial charge in [0.05, 0.1) is 0 Å². The van der Waals surface area contributed by atoms with Crippen molar-refractivity contribution in [3.63, 3.8) is 0 Å². The molecule has 2 N–H and O–H groups in total. The number of hydrogen-bond acceptors (Lipinski definition) is 3. The fourth-order valence-electron chi connectivity index (χ4n) is 3.26. The molecule has 20 heavy (non-hydrogen) atoms. The first-order chi connectivity index (χ1) is 9.81. The van der Waals surface area contributed by atoms with E-state index in [1.165, 1.54) is 63.8 Å². The van der Waals surface area contributed by atoms with Gasteiger partial charge in [0.2, 0.25) is 0 Å². The molecule has 0 atom stereocenters. The van der Waals surface area contributed by atoms with Crippen molar-refractivity contribution in [2.24, 2.45) is 0 Å². The molecule has 0 radical (unpaired) electrons. The Kier molecular flexibility index (Phi) is 4.58. The standard InChI is InChI=1S/C17H27N3/c18-16-6-3-5-15(13-16)14-20(17-7-8-17)12-4-11-19-9-1-2-10-19/h3,5-6,13,17H,1-2,4,7-12,14,18H2. The van der Waals surface area contributed by atoms with Crippen molar-refractivity contribution in [2.45, 2.75) is 44.7 Å². The number of hydrogen-bond donors (Lipinski definition) is 1. The topological polar surface area (TPSA) is 32.5 Å². The number of rotatable bonds is 7. The molecule has 0 spiro atoms. The zero-order chi connectivity index (χ0) is 13.8. The van der Waals surface area contributed by atoms with E-state index in [1.54, 1.807) is 0 Å². The largest absolute Gasteiger partial charge is 0.399 e. The van der Waals surface area contributed by atoms with Crippen molar-refractivity contribution in [1.82, 2.24) is 9.80 Å². The van der Waals surface area contributed by atoms with Crippen LogP contribution in [0.4, 0.5) is 5.69 Å². The van der Waals surface area contributed by atoms with Gasteiger partial charge < -0.3 is 10.6 Å². The molecule has 0 unspecified atom stereocenters. The van der Waals surface area contributed by atoms with Crippen LogP contribution in [0, 0.1) is 0 Å². The third-order valence-electron chi connectivity index (χ3n) is 4.52. The molecule has 1 heterocycles. The molecule has 2 aliphatic rings. The fraction of sp³-hybridized carbons (Fsp3) is 0.647. The highest BCUT2D eigenvalue weighted by molar-refractivity contribution is 5.40. The first kappa shape index (κ1) is 13.9. The number of anilines is 1. The summed E-state index contributed by atoms with van der Waals surface area (Å²) in [5.41, 5.74) is 8.13. The van der Waals surface area contributed by atoms with Gasteiger partial charge >= 0.3 is 0 Å². The second-order valence-electron chi connectivity index (χ2n) is 6.35. The highest BCUT2D eigenvalue weighted by Gasteiger charge is 2.28. The van der Waals surface area contributed by atoms with Gasteiger partial charge in [0.25, 0.3) is 0 Å². The van der Waals surface area contributed by atoms with Crippen LogP contribution in [0.15, 0.2) is 24.3 Å². The van der Waals surface area contributed by atoms with E-state index in [0.29, 0.717) is 0 Å². The molecule has 0 amide bonds. The monoisotopic (exact) mass is 273 g/mol. The third-order valence-corrected chi connectivity index (χ3v) is 4.52. The average molecular weight is 273 g/mol. The first-order valence-corrected chi connectivity index (χ1v) is 8.12. The number of benzene rings is 1. The Morgan fingerprint density at radius 1 is 1.20 bits per heavy atom. The van der Waals surface area contributed by atoms with Gasteiger partial charge in [-0.25, -0.2) is 0 Å². The maximum atomic E-state index is 5.88. The highest BCUT2D eigenvalue weighted by Crippen LogP contribution is 2.28. The van der Waals surface area contributed by atoms with Gasteiger partial charge in [-0.2, -0.15) is 0 Å². The number of nitrogens with two attached hydrogens (primary N) is 1. The molecule has 3 heteroatoms. The van der Waals surface area contributed by atoms with Gasteiger partial charge in [0, 0.05) is 18.3 Å². The van der Waals surface area contributed by atoms with Gasteiger partial charge in [-0.3, -0.25) is 4.90 Å². The molecule has 110 valence electrons. The smallest absolute Gasteiger partial charge is 0.0317 e. The van der Waals surface area contributed by atoms with Crippen molar-refractivity contribution in [3.8, 4) is 0 Å². The van der Waals surface area contributed by atoms with Gasteiger partial charge in [0.15, 0.2) is 0 Å². The molecule has 0 bridgehead atoms. The summed E-state index contributed by atoms with van der Waals surface area (Å²) in [6.07, 6.45) is 6.86. The van der Waals surface area contributed by atoms with E-state index < -0.39 is 0 Å². The Bertz CT molecular complexity index is 422. The normalized spacial score (nSPS) is 19.9. The SMILES string of the molecule is Nc1cccc(CN(CCCN2CCCC2)C2CC2)c1. The van der Waals surface area contributed by atoms with Crippen molar-refractivity contribution < 1.29 is 0 Å². The highest BCUT2D eigenvalue weighted by atomic mass is 15.2.